The van der Waals surface area contributed by atoms with Crippen LogP contribution in [0.2, 0.25) is 0 Å². The Bertz CT molecular complexity index is 587. The molecule has 0 amide bonds. The van der Waals surface area contributed by atoms with Crippen LogP contribution in [-0.4, -0.2) is 11.4 Å². The monoisotopic (exact) mass is 309 g/mol. The Balaban J connectivity index is 2.34. The predicted octanol–water partition coefficient (Wildman–Crippen LogP) is 4.19. The molecule has 0 aromatic heterocycles. The Kier molecular flexibility index (Phi) is 3.94. The third kappa shape index (κ3) is 2.87. The van der Waals surface area contributed by atoms with E-state index >= 15 is 0 Å². The van der Waals surface area contributed by atoms with E-state index in [9.17, 15) is 4.39 Å². The summed E-state index contributed by atoms with van der Waals surface area (Å²) in [5.41, 5.74) is 0.558. The molecule has 0 spiro atoms. The van der Waals surface area contributed by atoms with Gasteiger partial charge in [-0.3, -0.25) is 0 Å². The summed E-state index contributed by atoms with van der Waals surface area (Å²) in [4.78, 5) is 0. The molecule has 92 valence electrons. The molecule has 0 atom stereocenters. The van der Waals surface area contributed by atoms with Gasteiger partial charge in [-0.2, -0.15) is 0 Å². The van der Waals surface area contributed by atoms with Crippen LogP contribution >= 0.6 is 15.9 Å². The molecular formula is C13H9BrFNO2. The SMILES string of the molecule is ON=Cc1ccccc1Oc1ccc(Br)cc1F. The van der Waals surface area contributed by atoms with Crippen LogP contribution < -0.4 is 4.74 Å². The van der Waals surface area contributed by atoms with Gasteiger partial charge >= 0.3 is 0 Å². The third-order valence-electron chi connectivity index (χ3n) is 2.23. The second-order valence-corrected chi connectivity index (χ2v) is 4.37. The van der Waals surface area contributed by atoms with Gasteiger partial charge in [0.1, 0.15) is 5.75 Å². The number of halogens is 2. The van der Waals surface area contributed by atoms with Gasteiger partial charge in [0.15, 0.2) is 11.6 Å². The van der Waals surface area contributed by atoms with E-state index in [-0.39, 0.29) is 5.75 Å². The van der Waals surface area contributed by atoms with Crippen LogP contribution in [0.3, 0.4) is 0 Å². The van der Waals surface area contributed by atoms with E-state index in [2.05, 4.69) is 21.1 Å². The summed E-state index contributed by atoms with van der Waals surface area (Å²) in [7, 11) is 0. The highest BCUT2D eigenvalue weighted by atomic mass is 79.9. The summed E-state index contributed by atoms with van der Waals surface area (Å²) in [5, 5.41) is 11.5. The maximum atomic E-state index is 13.6. The average molecular weight is 310 g/mol. The first-order valence-corrected chi connectivity index (χ1v) is 5.89. The van der Waals surface area contributed by atoms with Gasteiger partial charge < -0.3 is 9.94 Å². The molecule has 0 saturated carbocycles. The topological polar surface area (TPSA) is 41.8 Å². The number of hydrogen-bond donors (Lipinski definition) is 1. The van der Waals surface area contributed by atoms with E-state index in [1.54, 1.807) is 30.3 Å². The summed E-state index contributed by atoms with van der Waals surface area (Å²) in [6, 6.07) is 11.4. The third-order valence-corrected chi connectivity index (χ3v) is 2.72. The summed E-state index contributed by atoms with van der Waals surface area (Å²) in [6.45, 7) is 0. The van der Waals surface area contributed by atoms with Gasteiger partial charge in [-0.05, 0) is 30.3 Å². The van der Waals surface area contributed by atoms with E-state index in [1.165, 1.54) is 18.3 Å². The maximum Gasteiger partial charge on any atom is 0.166 e. The Morgan fingerprint density at radius 1 is 1.17 bits per heavy atom. The van der Waals surface area contributed by atoms with E-state index in [0.717, 1.165) is 0 Å². The molecule has 0 heterocycles. The molecule has 0 aliphatic rings. The molecule has 18 heavy (non-hydrogen) atoms. The summed E-state index contributed by atoms with van der Waals surface area (Å²) >= 11 is 3.17. The number of hydrogen-bond acceptors (Lipinski definition) is 3. The second kappa shape index (κ2) is 5.64. The highest BCUT2D eigenvalue weighted by Crippen LogP contribution is 2.28. The van der Waals surface area contributed by atoms with Gasteiger partial charge in [-0.1, -0.05) is 33.2 Å². The molecule has 0 aliphatic carbocycles. The van der Waals surface area contributed by atoms with Crippen LogP contribution in [0.1, 0.15) is 5.56 Å². The minimum Gasteiger partial charge on any atom is -0.454 e. The molecular weight excluding hydrogens is 301 g/mol. The number of nitrogens with zero attached hydrogens (tertiary/aromatic N) is 1. The van der Waals surface area contributed by atoms with E-state index in [1.807, 2.05) is 0 Å². The van der Waals surface area contributed by atoms with Crippen molar-refractivity contribution in [3.8, 4) is 11.5 Å². The van der Waals surface area contributed by atoms with E-state index in [0.29, 0.717) is 15.8 Å². The minimum absolute atomic E-state index is 0.108. The Morgan fingerprint density at radius 3 is 2.67 bits per heavy atom. The van der Waals surface area contributed by atoms with Crippen molar-refractivity contribution in [1.82, 2.24) is 0 Å². The lowest BCUT2D eigenvalue weighted by Crippen LogP contribution is -1.92. The molecule has 2 aromatic rings. The Labute approximate surface area is 112 Å². The van der Waals surface area contributed by atoms with Crippen LogP contribution in [0, 0.1) is 5.82 Å². The van der Waals surface area contributed by atoms with Gasteiger partial charge in [0, 0.05) is 10.0 Å². The zero-order valence-electron chi connectivity index (χ0n) is 9.18. The first-order valence-electron chi connectivity index (χ1n) is 5.10. The van der Waals surface area contributed by atoms with Crippen LogP contribution in [0.4, 0.5) is 4.39 Å². The maximum absolute atomic E-state index is 13.6. The molecule has 0 aliphatic heterocycles. The standard InChI is InChI=1S/C13H9BrFNO2/c14-10-5-6-13(11(15)7-10)18-12-4-2-1-3-9(12)8-16-17/h1-8,17H. The second-order valence-electron chi connectivity index (χ2n) is 3.46. The first kappa shape index (κ1) is 12.6. The van der Waals surface area contributed by atoms with E-state index < -0.39 is 5.82 Å². The van der Waals surface area contributed by atoms with Gasteiger partial charge in [0.25, 0.3) is 0 Å². The van der Waals surface area contributed by atoms with Crippen molar-refractivity contribution in [2.45, 2.75) is 0 Å². The molecule has 1 N–H and O–H groups in total. The lowest BCUT2D eigenvalue weighted by Gasteiger charge is -2.09. The van der Waals surface area contributed by atoms with Crippen molar-refractivity contribution in [3.63, 3.8) is 0 Å². The van der Waals surface area contributed by atoms with Gasteiger partial charge in [-0.25, -0.2) is 4.39 Å². The Hall–Kier alpha value is -1.88. The highest BCUT2D eigenvalue weighted by molar-refractivity contribution is 9.10. The first-order chi connectivity index (χ1) is 8.70. The molecule has 5 heteroatoms. The van der Waals surface area contributed by atoms with Crippen molar-refractivity contribution in [2.75, 3.05) is 0 Å². The highest BCUT2D eigenvalue weighted by Gasteiger charge is 2.07. The number of benzene rings is 2. The fourth-order valence-electron chi connectivity index (χ4n) is 1.42. The average Bonchev–Trinajstić information content (AvgIpc) is 2.35. The van der Waals surface area contributed by atoms with Crippen LogP contribution in [-0.2, 0) is 0 Å². The van der Waals surface area contributed by atoms with Crippen molar-refractivity contribution in [2.24, 2.45) is 5.16 Å². The molecule has 2 rings (SSSR count). The van der Waals surface area contributed by atoms with Crippen molar-refractivity contribution in [1.29, 1.82) is 0 Å². The van der Waals surface area contributed by atoms with Gasteiger partial charge in [-0.15, -0.1) is 0 Å². The molecule has 2 aromatic carbocycles. The largest absolute Gasteiger partial charge is 0.454 e. The minimum atomic E-state index is -0.472. The molecule has 0 fully saturated rings. The van der Waals surface area contributed by atoms with Crippen molar-refractivity contribution < 1.29 is 14.3 Å². The van der Waals surface area contributed by atoms with Crippen LogP contribution in [0.25, 0.3) is 0 Å². The van der Waals surface area contributed by atoms with Gasteiger partial charge in [0.05, 0.1) is 6.21 Å². The smallest absolute Gasteiger partial charge is 0.166 e. The summed E-state index contributed by atoms with van der Waals surface area (Å²) in [6.07, 6.45) is 1.23. The fourth-order valence-corrected chi connectivity index (χ4v) is 1.75. The molecule has 3 nitrogen and oxygen atoms in total. The van der Waals surface area contributed by atoms with Crippen LogP contribution in [0.5, 0.6) is 11.5 Å². The summed E-state index contributed by atoms with van der Waals surface area (Å²) < 4.78 is 19.7. The summed E-state index contributed by atoms with van der Waals surface area (Å²) in [5.74, 6) is 0.0497. The molecule has 0 saturated heterocycles. The zero-order chi connectivity index (χ0) is 13.0. The molecule has 0 radical (unpaired) electrons. The van der Waals surface area contributed by atoms with E-state index in [4.69, 9.17) is 9.94 Å². The quantitative estimate of drug-likeness (QED) is 0.525. The number of rotatable bonds is 3. The lowest BCUT2D eigenvalue weighted by molar-refractivity contribution is 0.321. The number of ether oxygens (including phenoxy) is 1. The fraction of sp³-hybridized carbons (Fsp3) is 0. The lowest BCUT2D eigenvalue weighted by atomic mass is 10.2. The molecule has 0 bridgehead atoms. The van der Waals surface area contributed by atoms with Crippen molar-refractivity contribution in [3.05, 3.63) is 58.3 Å². The normalized spacial score (nSPS) is 10.8. The predicted molar refractivity (Wildman–Crippen MR) is 70.0 cm³/mol. The van der Waals surface area contributed by atoms with Crippen LogP contribution in [0.15, 0.2) is 52.1 Å². The van der Waals surface area contributed by atoms with Crippen molar-refractivity contribution >= 4 is 22.1 Å². The molecule has 0 unspecified atom stereocenters. The Morgan fingerprint density at radius 2 is 1.94 bits per heavy atom. The number of para-hydroxylation sites is 1. The van der Waals surface area contributed by atoms with Gasteiger partial charge in [0.2, 0.25) is 0 Å². The zero-order valence-corrected chi connectivity index (χ0v) is 10.8. The number of oxime groups is 1.